The van der Waals surface area contributed by atoms with Gasteiger partial charge >= 0.3 is 0 Å². The predicted molar refractivity (Wildman–Crippen MR) is 178 cm³/mol. The first-order valence-electron chi connectivity index (χ1n) is 15.6. The van der Waals surface area contributed by atoms with Gasteiger partial charge in [0.15, 0.2) is 0 Å². The molecule has 4 aromatic rings. The highest BCUT2D eigenvalue weighted by Crippen LogP contribution is 2.36. The Morgan fingerprint density at radius 2 is 1.20 bits per heavy atom. The molecule has 0 heteroatoms. The van der Waals surface area contributed by atoms with Crippen molar-refractivity contribution in [3.63, 3.8) is 0 Å². The minimum absolute atomic E-state index is 0.0258. The Bertz CT molecular complexity index is 1630. The lowest BCUT2D eigenvalue weighted by atomic mass is 9.80. The van der Waals surface area contributed by atoms with Gasteiger partial charge in [-0.15, -0.1) is 0 Å². The third-order valence-electron chi connectivity index (χ3n) is 8.56. The first-order chi connectivity index (χ1) is 19.4. The number of hydrogen-bond donors (Lipinski definition) is 0. The van der Waals surface area contributed by atoms with E-state index >= 15 is 0 Å². The highest BCUT2D eigenvalue weighted by Gasteiger charge is 2.26. The molecule has 0 aromatic heterocycles. The summed E-state index contributed by atoms with van der Waals surface area (Å²) < 4.78 is 0. The lowest BCUT2D eigenvalue weighted by molar-refractivity contribution is 0.585. The summed E-state index contributed by atoms with van der Waals surface area (Å²) in [7, 11) is 0. The fraction of sp³-hybridized carbons (Fsp3) is 0.366. The van der Waals surface area contributed by atoms with E-state index in [2.05, 4.69) is 141 Å². The SMILES string of the molecule is CCCc1ccc(C(c2ccc(CCC)cc2)=c2c(C(C)(C)C)ccc3c2=[C]c2cc(C(C)(C)C)cc(C)c2-3)cc1. The summed E-state index contributed by atoms with van der Waals surface area (Å²) in [6.45, 7) is 20.7. The average Bonchev–Trinajstić information content (AvgIpc) is 3.30. The van der Waals surface area contributed by atoms with Crippen molar-refractivity contribution in [3.05, 3.63) is 128 Å². The molecule has 41 heavy (non-hydrogen) atoms. The van der Waals surface area contributed by atoms with Gasteiger partial charge in [0.05, 0.1) is 0 Å². The zero-order chi connectivity index (χ0) is 29.5. The fourth-order valence-electron chi connectivity index (χ4n) is 6.35. The first-order valence-corrected chi connectivity index (χ1v) is 15.6. The van der Waals surface area contributed by atoms with Crippen molar-refractivity contribution in [1.82, 2.24) is 0 Å². The zero-order valence-corrected chi connectivity index (χ0v) is 26.8. The Kier molecular flexibility index (Phi) is 7.90. The van der Waals surface area contributed by atoms with Crippen molar-refractivity contribution >= 4 is 11.6 Å². The van der Waals surface area contributed by atoms with Gasteiger partial charge in [-0.05, 0) is 114 Å². The Morgan fingerprint density at radius 3 is 1.66 bits per heavy atom. The standard InChI is InChI=1S/C41H47/c1-10-12-28-14-18-30(19-15-28)38(31-20-16-29(13-11-2)17-21-31)39-35-26-32-25-33(40(4,5)6)24-27(3)37(32)34(35)22-23-36(39)41(7,8)9/h14-25H,10-13H2,1-9H3. The van der Waals surface area contributed by atoms with Crippen molar-refractivity contribution < 1.29 is 0 Å². The van der Waals surface area contributed by atoms with E-state index in [1.165, 1.54) is 71.6 Å². The molecule has 0 bridgehead atoms. The van der Waals surface area contributed by atoms with E-state index in [-0.39, 0.29) is 10.8 Å². The van der Waals surface area contributed by atoms with Crippen molar-refractivity contribution in [2.45, 2.75) is 98.8 Å². The molecule has 0 saturated heterocycles. The molecule has 0 aliphatic heterocycles. The molecule has 211 valence electrons. The minimum Gasteiger partial charge on any atom is -0.0651 e. The van der Waals surface area contributed by atoms with Gasteiger partial charge in [-0.3, -0.25) is 0 Å². The van der Waals surface area contributed by atoms with E-state index in [1.54, 1.807) is 0 Å². The van der Waals surface area contributed by atoms with Crippen LogP contribution >= 0.6 is 0 Å². The summed E-state index contributed by atoms with van der Waals surface area (Å²) >= 11 is 0. The van der Waals surface area contributed by atoms with Gasteiger partial charge in [-0.2, -0.15) is 0 Å². The topological polar surface area (TPSA) is 0 Å². The smallest absolute Gasteiger partial charge is 0.000709 e. The number of rotatable bonds is 6. The van der Waals surface area contributed by atoms with E-state index in [0.29, 0.717) is 0 Å². The normalized spacial score (nSPS) is 12.6. The van der Waals surface area contributed by atoms with Gasteiger partial charge < -0.3 is 0 Å². The van der Waals surface area contributed by atoms with Crippen LogP contribution in [0.2, 0.25) is 0 Å². The van der Waals surface area contributed by atoms with Gasteiger partial charge in [0, 0.05) is 0 Å². The first kappa shape index (κ1) is 29.1. The maximum Gasteiger partial charge on any atom is -0.000709 e. The van der Waals surface area contributed by atoms with Crippen LogP contribution in [-0.2, 0) is 23.7 Å². The number of hydrogen-bond acceptors (Lipinski definition) is 0. The van der Waals surface area contributed by atoms with Crippen LogP contribution in [0.25, 0.3) is 22.8 Å². The van der Waals surface area contributed by atoms with Gasteiger partial charge in [-0.25, -0.2) is 0 Å². The molecular formula is C41H47. The van der Waals surface area contributed by atoms with Crippen LogP contribution in [0, 0.1) is 6.92 Å². The molecule has 0 atom stereocenters. The third kappa shape index (κ3) is 5.72. The van der Waals surface area contributed by atoms with Gasteiger partial charge in [0.1, 0.15) is 0 Å². The van der Waals surface area contributed by atoms with E-state index in [9.17, 15) is 0 Å². The maximum absolute atomic E-state index is 3.97. The summed E-state index contributed by atoms with van der Waals surface area (Å²) in [5.41, 5.74) is 14.7. The molecule has 0 spiro atoms. The quantitative estimate of drug-likeness (QED) is 0.202. The number of fused-ring (bicyclic) bond motifs is 3. The molecule has 1 radical (unpaired) electrons. The number of aryl methyl sites for hydroxylation is 3. The number of benzene rings is 4. The highest BCUT2D eigenvalue weighted by molar-refractivity contribution is 5.89. The van der Waals surface area contributed by atoms with Gasteiger partial charge in [-0.1, -0.05) is 135 Å². The van der Waals surface area contributed by atoms with Crippen molar-refractivity contribution in [3.8, 4) is 11.1 Å². The van der Waals surface area contributed by atoms with E-state index in [1.807, 2.05) is 0 Å². The van der Waals surface area contributed by atoms with E-state index in [4.69, 9.17) is 0 Å². The van der Waals surface area contributed by atoms with Crippen LogP contribution in [0.4, 0.5) is 0 Å². The Hall–Kier alpha value is -3.38. The van der Waals surface area contributed by atoms with Crippen LogP contribution in [0.1, 0.15) is 113 Å². The molecule has 0 amide bonds. The molecule has 5 rings (SSSR count). The van der Waals surface area contributed by atoms with Crippen LogP contribution < -0.4 is 10.4 Å². The molecule has 1 aliphatic rings. The van der Waals surface area contributed by atoms with Crippen molar-refractivity contribution in [2.75, 3.05) is 0 Å². The lowest BCUT2D eigenvalue weighted by Crippen LogP contribution is -2.37. The Balaban J connectivity index is 1.92. The average molecular weight is 540 g/mol. The van der Waals surface area contributed by atoms with E-state index < -0.39 is 0 Å². The second kappa shape index (κ2) is 11.1. The maximum atomic E-state index is 3.97. The van der Waals surface area contributed by atoms with Crippen LogP contribution in [0.3, 0.4) is 0 Å². The van der Waals surface area contributed by atoms with Crippen LogP contribution in [-0.4, -0.2) is 0 Å². The van der Waals surface area contributed by atoms with Gasteiger partial charge in [0.25, 0.3) is 0 Å². The molecule has 0 unspecified atom stereocenters. The lowest BCUT2D eigenvalue weighted by Gasteiger charge is -2.24. The monoisotopic (exact) mass is 539 g/mol. The second-order valence-corrected chi connectivity index (χ2v) is 14.0. The van der Waals surface area contributed by atoms with Crippen LogP contribution in [0.15, 0.2) is 72.8 Å². The summed E-state index contributed by atoms with van der Waals surface area (Å²) in [6, 6.07) is 28.2. The fourth-order valence-corrected chi connectivity index (χ4v) is 6.35. The molecule has 0 N–H and O–H groups in total. The second-order valence-electron chi connectivity index (χ2n) is 14.0. The molecule has 0 fully saturated rings. The minimum atomic E-state index is -0.0258. The molecule has 0 nitrogen and oxygen atoms in total. The van der Waals surface area contributed by atoms with Crippen molar-refractivity contribution in [2.24, 2.45) is 0 Å². The molecular weight excluding hydrogens is 492 g/mol. The highest BCUT2D eigenvalue weighted by atomic mass is 14.3. The summed E-state index contributed by atoms with van der Waals surface area (Å²) in [5, 5.41) is 2.57. The molecule has 0 heterocycles. The largest absolute Gasteiger partial charge is 0.0651 e. The van der Waals surface area contributed by atoms with Gasteiger partial charge in [0.2, 0.25) is 0 Å². The van der Waals surface area contributed by atoms with Crippen molar-refractivity contribution in [1.29, 1.82) is 0 Å². The van der Waals surface area contributed by atoms with E-state index in [0.717, 1.165) is 25.7 Å². The summed E-state index contributed by atoms with van der Waals surface area (Å²) in [6.07, 6.45) is 8.52. The molecule has 4 aromatic carbocycles. The predicted octanol–water partition coefficient (Wildman–Crippen LogP) is 9.43. The molecule has 0 saturated carbocycles. The summed E-state index contributed by atoms with van der Waals surface area (Å²) in [4.78, 5) is 0. The molecule has 1 aliphatic carbocycles. The summed E-state index contributed by atoms with van der Waals surface area (Å²) in [5.74, 6) is 0. The zero-order valence-electron chi connectivity index (χ0n) is 26.8. The third-order valence-corrected chi connectivity index (χ3v) is 8.56. The Labute approximate surface area is 248 Å². The Morgan fingerprint density at radius 1 is 0.659 bits per heavy atom. The van der Waals surface area contributed by atoms with Crippen LogP contribution in [0.5, 0.6) is 0 Å².